The number of amides is 3. The highest BCUT2D eigenvalue weighted by Crippen LogP contribution is 2.24. The number of halogens is 2. The SMILES string of the molecule is O=C(NC(=O)c1ccncc1)Nc1ccc(Cl)c(Cl)c1. The number of anilines is 1. The smallest absolute Gasteiger partial charge is 0.308 e. The zero-order valence-corrected chi connectivity index (χ0v) is 11.6. The first-order chi connectivity index (χ1) is 9.56. The Kier molecular flexibility index (Phi) is 4.55. The van der Waals surface area contributed by atoms with Crippen molar-refractivity contribution in [2.24, 2.45) is 0 Å². The molecule has 2 aromatic rings. The van der Waals surface area contributed by atoms with Gasteiger partial charge >= 0.3 is 6.03 Å². The number of nitrogens with zero attached hydrogens (tertiary/aromatic N) is 1. The number of rotatable bonds is 2. The van der Waals surface area contributed by atoms with E-state index in [-0.39, 0.29) is 0 Å². The van der Waals surface area contributed by atoms with Gasteiger partial charge in [0.05, 0.1) is 10.0 Å². The van der Waals surface area contributed by atoms with Gasteiger partial charge in [0.25, 0.3) is 5.91 Å². The Bertz CT molecular complexity index is 647. The van der Waals surface area contributed by atoms with Crippen molar-refractivity contribution in [2.75, 3.05) is 5.32 Å². The van der Waals surface area contributed by atoms with E-state index in [0.29, 0.717) is 21.3 Å². The average Bonchev–Trinajstić information content (AvgIpc) is 2.44. The number of benzene rings is 1. The van der Waals surface area contributed by atoms with Crippen LogP contribution in [0.15, 0.2) is 42.7 Å². The third-order valence-corrected chi connectivity index (χ3v) is 3.09. The molecule has 0 bridgehead atoms. The molecule has 20 heavy (non-hydrogen) atoms. The van der Waals surface area contributed by atoms with Gasteiger partial charge in [-0.2, -0.15) is 0 Å². The van der Waals surface area contributed by atoms with Crippen LogP contribution in [0.3, 0.4) is 0 Å². The van der Waals surface area contributed by atoms with Gasteiger partial charge in [-0.25, -0.2) is 4.79 Å². The predicted octanol–water partition coefficient (Wildman–Crippen LogP) is 3.35. The monoisotopic (exact) mass is 309 g/mol. The van der Waals surface area contributed by atoms with E-state index in [0.717, 1.165) is 0 Å². The molecule has 0 spiro atoms. The van der Waals surface area contributed by atoms with Gasteiger partial charge < -0.3 is 5.32 Å². The van der Waals surface area contributed by atoms with Crippen LogP contribution in [0.2, 0.25) is 10.0 Å². The van der Waals surface area contributed by atoms with E-state index in [1.807, 2.05) is 0 Å². The number of nitrogens with one attached hydrogen (secondary N) is 2. The van der Waals surface area contributed by atoms with Gasteiger partial charge in [0, 0.05) is 23.6 Å². The van der Waals surface area contributed by atoms with Gasteiger partial charge in [-0.3, -0.25) is 15.1 Å². The van der Waals surface area contributed by atoms with Crippen molar-refractivity contribution < 1.29 is 9.59 Å². The van der Waals surface area contributed by atoms with Gasteiger partial charge in [0.2, 0.25) is 0 Å². The molecule has 0 aliphatic carbocycles. The lowest BCUT2D eigenvalue weighted by Crippen LogP contribution is -2.34. The summed E-state index contributed by atoms with van der Waals surface area (Å²) in [4.78, 5) is 27.2. The molecule has 2 rings (SSSR count). The van der Waals surface area contributed by atoms with Crippen molar-refractivity contribution in [1.82, 2.24) is 10.3 Å². The van der Waals surface area contributed by atoms with E-state index >= 15 is 0 Å². The molecule has 0 unspecified atom stereocenters. The Morgan fingerprint density at radius 2 is 1.70 bits per heavy atom. The number of hydrogen-bond donors (Lipinski definition) is 2. The summed E-state index contributed by atoms with van der Waals surface area (Å²) >= 11 is 11.6. The first kappa shape index (κ1) is 14.3. The van der Waals surface area contributed by atoms with Crippen LogP contribution in [0, 0.1) is 0 Å². The molecule has 0 radical (unpaired) electrons. The third kappa shape index (κ3) is 3.69. The summed E-state index contributed by atoms with van der Waals surface area (Å²) in [6.07, 6.45) is 2.93. The van der Waals surface area contributed by atoms with Crippen molar-refractivity contribution in [2.45, 2.75) is 0 Å². The summed E-state index contributed by atoms with van der Waals surface area (Å²) in [6.45, 7) is 0. The molecule has 0 saturated carbocycles. The number of carbonyl (C=O) groups is 2. The van der Waals surface area contributed by atoms with E-state index in [1.165, 1.54) is 30.6 Å². The van der Waals surface area contributed by atoms with Crippen LogP contribution in [-0.4, -0.2) is 16.9 Å². The summed E-state index contributed by atoms with van der Waals surface area (Å²) in [5.74, 6) is -0.523. The van der Waals surface area contributed by atoms with Gasteiger partial charge in [0.1, 0.15) is 0 Å². The molecule has 7 heteroatoms. The zero-order chi connectivity index (χ0) is 14.5. The molecule has 1 aromatic carbocycles. The minimum absolute atomic E-state index is 0.310. The molecular formula is C13H9Cl2N3O2. The van der Waals surface area contributed by atoms with E-state index in [4.69, 9.17) is 23.2 Å². The normalized spacial score (nSPS) is 9.90. The molecule has 0 aliphatic heterocycles. The van der Waals surface area contributed by atoms with Crippen LogP contribution in [0.25, 0.3) is 0 Å². The van der Waals surface area contributed by atoms with Gasteiger partial charge in [0.15, 0.2) is 0 Å². The fourth-order valence-corrected chi connectivity index (χ4v) is 1.71. The summed E-state index contributed by atoms with van der Waals surface area (Å²) in [5, 5.41) is 5.36. The lowest BCUT2D eigenvalue weighted by Gasteiger charge is -2.07. The second-order valence-electron chi connectivity index (χ2n) is 3.77. The van der Waals surface area contributed by atoms with Crippen molar-refractivity contribution in [1.29, 1.82) is 0 Å². The number of pyridine rings is 1. The molecule has 0 saturated heterocycles. The highest BCUT2D eigenvalue weighted by atomic mass is 35.5. The predicted molar refractivity (Wildman–Crippen MR) is 77.2 cm³/mol. The number of urea groups is 1. The lowest BCUT2D eigenvalue weighted by atomic mass is 10.2. The second kappa shape index (κ2) is 6.36. The second-order valence-corrected chi connectivity index (χ2v) is 4.59. The van der Waals surface area contributed by atoms with Crippen LogP contribution < -0.4 is 10.6 Å². The highest BCUT2D eigenvalue weighted by molar-refractivity contribution is 6.42. The number of carbonyl (C=O) groups excluding carboxylic acids is 2. The summed E-state index contributed by atoms with van der Waals surface area (Å²) in [5.41, 5.74) is 0.767. The third-order valence-electron chi connectivity index (χ3n) is 2.35. The maximum atomic E-state index is 11.7. The minimum Gasteiger partial charge on any atom is -0.308 e. The Morgan fingerprint density at radius 3 is 2.35 bits per heavy atom. The topological polar surface area (TPSA) is 71.1 Å². The van der Waals surface area contributed by atoms with Gasteiger partial charge in [-0.05, 0) is 30.3 Å². The summed E-state index contributed by atoms with van der Waals surface area (Å²) in [6, 6.07) is 6.95. The Hall–Kier alpha value is -2.11. The van der Waals surface area contributed by atoms with Crippen LogP contribution in [0.4, 0.5) is 10.5 Å². The largest absolute Gasteiger partial charge is 0.326 e. The maximum absolute atomic E-state index is 11.7. The maximum Gasteiger partial charge on any atom is 0.326 e. The first-order valence-corrected chi connectivity index (χ1v) is 6.29. The van der Waals surface area contributed by atoms with Gasteiger partial charge in [-0.15, -0.1) is 0 Å². The first-order valence-electron chi connectivity index (χ1n) is 5.53. The average molecular weight is 310 g/mol. The van der Waals surface area contributed by atoms with Crippen molar-refractivity contribution in [3.8, 4) is 0 Å². The Balaban J connectivity index is 1.99. The Morgan fingerprint density at radius 1 is 1.00 bits per heavy atom. The molecule has 3 amide bonds. The fraction of sp³-hybridized carbons (Fsp3) is 0. The van der Waals surface area contributed by atoms with Crippen LogP contribution in [-0.2, 0) is 0 Å². The Labute approximate surface area is 124 Å². The van der Waals surface area contributed by atoms with Crippen molar-refractivity contribution in [3.63, 3.8) is 0 Å². The van der Waals surface area contributed by atoms with E-state index in [1.54, 1.807) is 12.1 Å². The summed E-state index contributed by atoms with van der Waals surface area (Å²) in [7, 11) is 0. The van der Waals surface area contributed by atoms with Gasteiger partial charge in [-0.1, -0.05) is 23.2 Å². The van der Waals surface area contributed by atoms with E-state index in [2.05, 4.69) is 15.6 Å². The standard InChI is InChI=1S/C13H9Cl2N3O2/c14-10-2-1-9(7-11(10)15)17-13(20)18-12(19)8-3-5-16-6-4-8/h1-7H,(H2,17,18,19,20). The molecule has 0 aliphatic rings. The lowest BCUT2D eigenvalue weighted by molar-refractivity contribution is 0.0967. The van der Waals surface area contributed by atoms with Crippen LogP contribution in [0.5, 0.6) is 0 Å². The molecule has 0 fully saturated rings. The minimum atomic E-state index is -0.662. The number of imide groups is 1. The number of hydrogen-bond acceptors (Lipinski definition) is 3. The molecule has 5 nitrogen and oxygen atoms in total. The molecule has 102 valence electrons. The molecule has 2 N–H and O–H groups in total. The van der Waals surface area contributed by atoms with Crippen LogP contribution in [0.1, 0.15) is 10.4 Å². The number of aromatic nitrogens is 1. The molecule has 1 heterocycles. The quantitative estimate of drug-likeness (QED) is 0.893. The van der Waals surface area contributed by atoms with Crippen molar-refractivity contribution >= 4 is 40.8 Å². The fourth-order valence-electron chi connectivity index (χ4n) is 1.41. The molecule has 1 aromatic heterocycles. The van der Waals surface area contributed by atoms with E-state index < -0.39 is 11.9 Å². The molecular weight excluding hydrogens is 301 g/mol. The van der Waals surface area contributed by atoms with E-state index in [9.17, 15) is 9.59 Å². The highest BCUT2D eigenvalue weighted by Gasteiger charge is 2.10. The summed E-state index contributed by atoms with van der Waals surface area (Å²) < 4.78 is 0. The van der Waals surface area contributed by atoms with Crippen LogP contribution >= 0.6 is 23.2 Å². The van der Waals surface area contributed by atoms with Crippen molar-refractivity contribution in [3.05, 3.63) is 58.3 Å². The zero-order valence-electron chi connectivity index (χ0n) is 10.1. The molecule has 0 atom stereocenters.